The molecule has 3 nitrogen and oxygen atoms in total. The van der Waals surface area contributed by atoms with Crippen LogP contribution in [-0.4, -0.2) is 17.1 Å². The Hall–Kier alpha value is -1.51. The lowest BCUT2D eigenvalue weighted by atomic mass is 9.78. The molecule has 2 unspecified atom stereocenters. The van der Waals surface area contributed by atoms with Gasteiger partial charge in [0.25, 0.3) is 0 Å². The van der Waals surface area contributed by atoms with E-state index in [4.69, 9.17) is 5.11 Å². The van der Waals surface area contributed by atoms with E-state index in [1.54, 1.807) is 12.1 Å². The monoisotopic (exact) mass is 261 g/mol. The first-order chi connectivity index (χ1) is 9.08. The quantitative estimate of drug-likeness (QED) is 0.861. The Morgan fingerprint density at radius 1 is 1.21 bits per heavy atom. The number of nitrogens with one attached hydrogen (secondary N) is 1. The van der Waals surface area contributed by atoms with Crippen molar-refractivity contribution in [3.8, 4) is 0 Å². The van der Waals surface area contributed by atoms with E-state index in [1.807, 2.05) is 12.1 Å². The smallest absolute Gasteiger partial charge is 0.335 e. The summed E-state index contributed by atoms with van der Waals surface area (Å²) in [6.45, 7) is 4.58. The topological polar surface area (TPSA) is 49.3 Å². The highest BCUT2D eigenvalue weighted by molar-refractivity contribution is 5.88. The van der Waals surface area contributed by atoms with E-state index in [0.29, 0.717) is 23.4 Å². The number of hydrogen-bond donors (Lipinski definition) is 2. The van der Waals surface area contributed by atoms with Crippen LogP contribution in [-0.2, 0) is 0 Å². The van der Waals surface area contributed by atoms with E-state index in [2.05, 4.69) is 19.2 Å². The summed E-state index contributed by atoms with van der Waals surface area (Å²) in [6.07, 6.45) is 5.12. The van der Waals surface area contributed by atoms with Crippen molar-refractivity contribution in [1.29, 1.82) is 0 Å². The number of carbonyl (C=O) groups is 1. The van der Waals surface area contributed by atoms with E-state index >= 15 is 0 Å². The van der Waals surface area contributed by atoms with Gasteiger partial charge >= 0.3 is 5.97 Å². The molecule has 1 aromatic carbocycles. The van der Waals surface area contributed by atoms with E-state index in [-0.39, 0.29) is 0 Å². The number of benzene rings is 1. The Morgan fingerprint density at radius 3 is 2.42 bits per heavy atom. The van der Waals surface area contributed by atoms with Crippen LogP contribution >= 0.6 is 0 Å². The summed E-state index contributed by atoms with van der Waals surface area (Å²) in [5.74, 6) is 0.535. The normalized spacial score (nSPS) is 23.3. The summed E-state index contributed by atoms with van der Waals surface area (Å²) in [5.41, 5.74) is 1.37. The third-order valence-corrected chi connectivity index (χ3v) is 4.16. The fourth-order valence-corrected chi connectivity index (χ4v) is 3.06. The van der Waals surface area contributed by atoms with E-state index < -0.39 is 5.97 Å². The fraction of sp³-hybridized carbons (Fsp3) is 0.562. The fourth-order valence-electron chi connectivity index (χ4n) is 3.06. The van der Waals surface area contributed by atoms with E-state index in [0.717, 1.165) is 5.69 Å². The lowest BCUT2D eigenvalue weighted by molar-refractivity contribution is 0.0697. The van der Waals surface area contributed by atoms with Crippen molar-refractivity contribution in [2.24, 2.45) is 11.8 Å². The van der Waals surface area contributed by atoms with Crippen molar-refractivity contribution in [1.82, 2.24) is 0 Å². The van der Waals surface area contributed by atoms with Gasteiger partial charge in [0.2, 0.25) is 0 Å². The van der Waals surface area contributed by atoms with Crippen LogP contribution in [0.5, 0.6) is 0 Å². The lowest BCUT2D eigenvalue weighted by Gasteiger charge is -2.35. The van der Waals surface area contributed by atoms with Gasteiger partial charge in [-0.3, -0.25) is 0 Å². The van der Waals surface area contributed by atoms with Crippen LogP contribution < -0.4 is 5.32 Å². The second kappa shape index (κ2) is 6.09. The number of carboxylic acid groups (broad SMARTS) is 1. The van der Waals surface area contributed by atoms with Crippen LogP contribution in [0.3, 0.4) is 0 Å². The number of hydrogen-bond acceptors (Lipinski definition) is 2. The lowest BCUT2D eigenvalue weighted by Crippen LogP contribution is -2.35. The van der Waals surface area contributed by atoms with Gasteiger partial charge in [0.1, 0.15) is 0 Å². The molecule has 2 atom stereocenters. The molecule has 104 valence electrons. The third kappa shape index (κ3) is 3.49. The first kappa shape index (κ1) is 13.9. The predicted octanol–water partition coefficient (Wildman–Crippen LogP) is 4.01. The van der Waals surface area contributed by atoms with Gasteiger partial charge in [-0.1, -0.05) is 26.7 Å². The molecule has 0 aromatic heterocycles. The summed E-state index contributed by atoms with van der Waals surface area (Å²) >= 11 is 0. The van der Waals surface area contributed by atoms with Gasteiger partial charge in [0.05, 0.1) is 5.56 Å². The molecule has 2 rings (SSSR count). The molecule has 0 amide bonds. The average Bonchev–Trinajstić information content (AvgIpc) is 2.39. The molecule has 0 spiro atoms. The van der Waals surface area contributed by atoms with Crippen LogP contribution in [0.1, 0.15) is 49.9 Å². The maximum atomic E-state index is 10.8. The predicted molar refractivity (Wildman–Crippen MR) is 77.6 cm³/mol. The summed E-state index contributed by atoms with van der Waals surface area (Å²) in [7, 11) is 0. The summed E-state index contributed by atoms with van der Waals surface area (Å²) in [6, 6.07) is 7.59. The number of rotatable bonds is 4. The molecule has 0 heterocycles. The summed E-state index contributed by atoms with van der Waals surface area (Å²) in [5, 5.41) is 12.5. The van der Waals surface area contributed by atoms with Crippen molar-refractivity contribution in [2.45, 2.75) is 45.6 Å². The van der Waals surface area contributed by atoms with Crippen molar-refractivity contribution in [3.63, 3.8) is 0 Å². The second-order valence-corrected chi connectivity index (χ2v) is 5.83. The number of aromatic carboxylic acids is 1. The first-order valence-corrected chi connectivity index (χ1v) is 7.18. The Bertz CT molecular complexity index is 425. The standard InChI is InChI=1S/C16H23NO2/c1-11(2)14-5-3-4-6-15(14)17-13-9-7-12(8-10-13)16(18)19/h7-11,14-15,17H,3-6H2,1-2H3,(H,18,19). The van der Waals surface area contributed by atoms with Gasteiger partial charge in [-0.15, -0.1) is 0 Å². The van der Waals surface area contributed by atoms with Gasteiger partial charge in [-0.05, 0) is 48.9 Å². The highest BCUT2D eigenvalue weighted by atomic mass is 16.4. The molecule has 2 N–H and O–H groups in total. The zero-order chi connectivity index (χ0) is 13.8. The largest absolute Gasteiger partial charge is 0.478 e. The highest BCUT2D eigenvalue weighted by Crippen LogP contribution is 2.32. The van der Waals surface area contributed by atoms with Crippen molar-refractivity contribution >= 4 is 11.7 Å². The molecule has 0 radical (unpaired) electrons. The van der Waals surface area contributed by atoms with Crippen molar-refractivity contribution in [3.05, 3.63) is 29.8 Å². The molecular weight excluding hydrogens is 238 g/mol. The number of carboxylic acids is 1. The molecule has 1 fully saturated rings. The van der Waals surface area contributed by atoms with Crippen molar-refractivity contribution in [2.75, 3.05) is 5.32 Å². The van der Waals surface area contributed by atoms with Gasteiger partial charge < -0.3 is 10.4 Å². The molecule has 0 aliphatic heterocycles. The molecule has 0 bridgehead atoms. The van der Waals surface area contributed by atoms with E-state index in [1.165, 1.54) is 25.7 Å². The number of anilines is 1. The Labute approximate surface area is 115 Å². The minimum absolute atomic E-state index is 0.342. The molecule has 1 aromatic rings. The average molecular weight is 261 g/mol. The molecule has 3 heteroatoms. The molecular formula is C16H23NO2. The van der Waals surface area contributed by atoms with Crippen LogP contribution in [0.4, 0.5) is 5.69 Å². The Balaban J connectivity index is 2.04. The maximum absolute atomic E-state index is 10.8. The van der Waals surface area contributed by atoms with E-state index in [9.17, 15) is 4.79 Å². The molecule has 0 saturated heterocycles. The van der Waals surface area contributed by atoms with Crippen LogP contribution in [0.25, 0.3) is 0 Å². The highest BCUT2D eigenvalue weighted by Gasteiger charge is 2.27. The van der Waals surface area contributed by atoms with Crippen LogP contribution in [0.2, 0.25) is 0 Å². The maximum Gasteiger partial charge on any atom is 0.335 e. The minimum Gasteiger partial charge on any atom is -0.478 e. The van der Waals surface area contributed by atoms with Gasteiger partial charge in [0, 0.05) is 11.7 Å². The minimum atomic E-state index is -0.871. The zero-order valence-electron chi connectivity index (χ0n) is 11.7. The Morgan fingerprint density at radius 2 is 1.84 bits per heavy atom. The van der Waals surface area contributed by atoms with Gasteiger partial charge in [0.15, 0.2) is 0 Å². The summed E-state index contributed by atoms with van der Waals surface area (Å²) < 4.78 is 0. The molecule has 1 aliphatic rings. The SMILES string of the molecule is CC(C)C1CCCCC1Nc1ccc(C(=O)O)cc1. The first-order valence-electron chi connectivity index (χ1n) is 7.18. The summed E-state index contributed by atoms with van der Waals surface area (Å²) in [4.78, 5) is 10.8. The molecule has 1 aliphatic carbocycles. The van der Waals surface area contributed by atoms with Crippen molar-refractivity contribution < 1.29 is 9.90 Å². The van der Waals surface area contributed by atoms with Gasteiger partial charge in [-0.2, -0.15) is 0 Å². The van der Waals surface area contributed by atoms with Gasteiger partial charge in [-0.25, -0.2) is 4.79 Å². The van der Waals surface area contributed by atoms with Crippen LogP contribution in [0.15, 0.2) is 24.3 Å². The Kier molecular flexibility index (Phi) is 4.46. The zero-order valence-corrected chi connectivity index (χ0v) is 11.7. The molecule has 19 heavy (non-hydrogen) atoms. The second-order valence-electron chi connectivity index (χ2n) is 5.83. The molecule has 1 saturated carbocycles. The third-order valence-electron chi connectivity index (χ3n) is 4.16. The van der Waals surface area contributed by atoms with Crippen LogP contribution in [0, 0.1) is 11.8 Å².